The van der Waals surface area contributed by atoms with Crippen LogP contribution < -0.4 is 19.7 Å². The quantitative estimate of drug-likeness (QED) is 0.746. The van der Waals surface area contributed by atoms with Crippen molar-refractivity contribution in [3.63, 3.8) is 0 Å². The molecule has 7 heteroatoms. The predicted octanol–water partition coefficient (Wildman–Crippen LogP) is 2.85. The van der Waals surface area contributed by atoms with Gasteiger partial charge in [-0.2, -0.15) is 0 Å². The number of carbonyl (C=O) groups excluding carboxylic acids is 2. The van der Waals surface area contributed by atoms with Crippen LogP contribution in [0.5, 0.6) is 11.5 Å². The van der Waals surface area contributed by atoms with E-state index in [1.54, 1.807) is 31.3 Å². The SMILES string of the molecule is COc1ccc(C(C)NC(=O)C(=O)N2CCN(c3cccc(C)c3C)CC2)cc1OC. The van der Waals surface area contributed by atoms with Crippen LogP contribution in [0.1, 0.15) is 29.7 Å². The number of carbonyl (C=O) groups is 2. The van der Waals surface area contributed by atoms with Gasteiger partial charge in [-0.25, -0.2) is 0 Å². The first kappa shape index (κ1) is 22.5. The number of anilines is 1. The van der Waals surface area contributed by atoms with Gasteiger partial charge in [-0.15, -0.1) is 0 Å². The van der Waals surface area contributed by atoms with E-state index in [-0.39, 0.29) is 6.04 Å². The first-order chi connectivity index (χ1) is 14.8. The van der Waals surface area contributed by atoms with Crippen molar-refractivity contribution >= 4 is 17.5 Å². The number of hydrogen-bond acceptors (Lipinski definition) is 5. The summed E-state index contributed by atoms with van der Waals surface area (Å²) in [6.07, 6.45) is 0. The van der Waals surface area contributed by atoms with Crippen LogP contribution in [-0.2, 0) is 9.59 Å². The summed E-state index contributed by atoms with van der Waals surface area (Å²) in [6.45, 7) is 8.50. The number of benzene rings is 2. The van der Waals surface area contributed by atoms with Gasteiger partial charge < -0.3 is 24.6 Å². The Morgan fingerprint density at radius 1 is 0.968 bits per heavy atom. The van der Waals surface area contributed by atoms with Gasteiger partial charge in [0.25, 0.3) is 0 Å². The standard InChI is InChI=1S/C24H31N3O4/c1-16-7-6-8-20(17(16)2)26-11-13-27(14-12-26)24(29)23(28)25-18(3)19-9-10-21(30-4)22(15-19)31-5/h6-10,15,18H,11-14H2,1-5H3,(H,25,28). The Balaban J connectivity index is 1.58. The number of nitrogens with zero attached hydrogens (tertiary/aromatic N) is 2. The molecule has 7 nitrogen and oxygen atoms in total. The van der Waals surface area contributed by atoms with Crippen LogP contribution in [0.4, 0.5) is 5.69 Å². The van der Waals surface area contributed by atoms with Crippen molar-refractivity contribution in [2.75, 3.05) is 45.3 Å². The molecule has 1 saturated heterocycles. The fourth-order valence-corrected chi connectivity index (χ4v) is 3.84. The molecule has 1 aliphatic heterocycles. The average Bonchev–Trinajstić information content (AvgIpc) is 2.79. The van der Waals surface area contributed by atoms with E-state index in [9.17, 15) is 9.59 Å². The molecule has 0 radical (unpaired) electrons. The van der Waals surface area contributed by atoms with Crippen LogP contribution in [0.2, 0.25) is 0 Å². The summed E-state index contributed by atoms with van der Waals surface area (Å²) in [5.41, 5.74) is 4.53. The number of methoxy groups -OCH3 is 2. The lowest BCUT2D eigenvalue weighted by atomic mass is 10.1. The molecule has 31 heavy (non-hydrogen) atoms. The molecule has 0 saturated carbocycles. The van der Waals surface area contributed by atoms with E-state index in [0.29, 0.717) is 37.7 Å². The van der Waals surface area contributed by atoms with Gasteiger partial charge in [0.1, 0.15) is 0 Å². The highest BCUT2D eigenvalue weighted by atomic mass is 16.5. The largest absolute Gasteiger partial charge is 0.493 e. The zero-order valence-corrected chi connectivity index (χ0v) is 18.9. The lowest BCUT2D eigenvalue weighted by Crippen LogP contribution is -2.53. The monoisotopic (exact) mass is 425 g/mol. The maximum atomic E-state index is 12.7. The number of aryl methyl sites for hydroxylation is 1. The lowest BCUT2D eigenvalue weighted by molar-refractivity contribution is -0.146. The summed E-state index contributed by atoms with van der Waals surface area (Å²) in [4.78, 5) is 29.2. The molecule has 1 fully saturated rings. The van der Waals surface area contributed by atoms with E-state index in [1.165, 1.54) is 16.8 Å². The zero-order chi connectivity index (χ0) is 22.5. The molecule has 3 rings (SSSR count). The molecule has 0 spiro atoms. The van der Waals surface area contributed by atoms with Gasteiger partial charge in [0.15, 0.2) is 11.5 Å². The Hall–Kier alpha value is -3.22. The molecular weight excluding hydrogens is 394 g/mol. The van der Waals surface area contributed by atoms with Crippen LogP contribution in [-0.4, -0.2) is 57.1 Å². The molecule has 0 bridgehead atoms. The summed E-state index contributed by atoms with van der Waals surface area (Å²) in [7, 11) is 3.13. The second-order valence-corrected chi connectivity index (χ2v) is 7.81. The van der Waals surface area contributed by atoms with E-state index in [4.69, 9.17) is 9.47 Å². The van der Waals surface area contributed by atoms with Gasteiger partial charge in [-0.05, 0) is 55.7 Å². The van der Waals surface area contributed by atoms with E-state index in [1.807, 2.05) is 13.0 Å². The lowest BCUT2D eigenvalue weighted by Gasteiger charge is -2.36. The zero-order valence-electron chi connectivity index (χ0n) is 18.9. The van der Waals surface area contributed by atoms with Crippen molar-refractivity contribution in [2.45, 2.75) is 26.8 Å². The van der Waals surface area contributed by atoms with Crippen molar-refractivity contribution in [3.05, 3.63) is 53.1 Å². The smallest absolute Gasteiger partial charge is 0.312 e. The molecule has 0 aromatic heterocycles. The molecular formula is C24H31N3O4. The molecule has 2 amide bonds. The number of amides is 2. The number of rotatable bonds is 5. The third-order valence-electron chi connectivity index (χ3n) is 5.93. The Labute approximate surface area is 183 Å². The maximum absolute atomic E-state index is 12.7. The molecule has 1 unspecified atom stereocenters. The Morgan fingerprint density at radius 2 is 1.65 bits per heavy atom. The summed E-state index contributed by atoms with van der Waals surface area (Å²) in [6, 6.07) is 11.4. The molecule has 166 valence electrons. The van der Waals surface area contributed by atoms with Crippen LogP contribution in [0, 0.1) is 13.8 Å². The number of nitrogens with one attached hydrogen (secondary N) is 1. The third-order valence-corrected chi connectivity index (χ3v) is 5.93. The van der Waals surface area contributed by atoms with Crippen LogP contribution in [0.25, 0.3) is 0 Å². The van der Waals surface area contributed by atoms with Gasteiger partial charge in [0, 0.05) is 31.9 Å². The predicted molar refractivity (Wildman–Crippen MR) is 121 cm³/mol. The molecule has 0 aliphatic carbocycles. The third kappa shape index (κ3) is 4.93. The molecule has 1 heterocycles. The van der Waals surface area contributed by atoms with E-state index in [2.05, 4.69) is 42.3 Å². The van der Waals surface area contributed by atoms with Crippen molar-refractivity contribution < 1.29 is 19.1 Å². The van der Waals surface area contributed by atoms with Gasteiger partial charge >= 0.3 is 11.8 Å². The summed E-state index contributed by atoms with van der Waals surface area (Å²) < 4.78 is 10.6. The first-order valence-corrected chi connectivity index (χ1v) is 10.5. The Bertz CT molecular complexity index is 952. The fraction of sp³-hybridized carbons (Fsp3) is 0.417. The van der Waals surface area contributed by atoms with Gasteiger partial charge in [-0.1, -0.05) is 18.2 Å². The van der Waals surface area contributed by atoms with E-state index in [0.717, 1.165) is 5.56 Å². The van der Waals surface area contributed by atoms with E-state index >= 15 is 0 Å². The highest BCUT2D eigenvalue weighted by Crippen LogP contribution is 2.30. The van der Waals surface area contributed by atoms with Crippen LogP contribution >= 0.6 is 0 Å². The normalized spacial score (nSPS) is 14.7. The number of hydrogen-bond donors (Lipinski definition) is 1. The molecule has 1 N–H and O–H groups in total. The maximum Gasteiger partial charge on any atom is 0.312 e. The molecule has 2 aromatic carbocycles. The summed E-state index contributed by atoms with van der Waals surface area (Å²) in [5, 5.41) is 2.80. The average molecular weight is 426 g/mol. The Morgan fingerprint density at radius 3 is 2.29 bits per heavy atom. The van der Waals surface area contributed by atoms with Gasteiger partial charge in [0.2, 0.25) is 0 Å². The second-order valence-electron chi connectivity index (χ2n) is 7.81. The highest BCUT2D eigenvalue weighted by molar-refractivity contribution is 6.35. The minimum absolute atomic E-state index is 0.340. The Kier molecular flexibility index (Phi) is 7.05. The summed E-state index contributed by atoms with van der Waals surface area (Å²) in [5.74, 6) is 0.105. The number of ether oxygens (including phenoxy) is 2. The van der Waals surface area contributed by atoms with Crippen molar-refractivity contribution in [2.24, 2.45) is 0 Å². The van der Waals surface area contributed by atoms with Gasteiger partial charge in [0.05, 0.1) is 20.3 Å². The van der Waals surface area contributed by atoms with E-state index < -0.39 is 11.8 Å². The van der Waals surface area contributed by atoms with Crippen LogP contribution in [0.3, 0.4) is 0 Å². The fourth-order valence-electron chi connectivity index (χ4n) is 3.84. The molecule has 1 aliphatic rings. The van der Waals surface area contributed by atoms with Crippen molar-refractivity contribution in [1.82, 2.24) is 10.2 Å². The van der Waals surface area contributed by atoms with Crippen molar-refractivity contribution in [3.8, 4) is 11.5 Å². The second kappa shape index (κ2) is 9.73. The van der Waals surface area contributed by atoms with Crippen molar-refractivity contribution in [1.29, 1.82) is 0 Å². The first-order valence-electron chi connectivity index (χ1n) is 10.5. The minimum Gasteiger partial charge on any atom is -0.493 e. The minimum atomic E-state index is -0.595. The van der Waals surface area contributed by atoms with Crippen LogP contribution in [0.15, 0.2) is 36.4 Å². The topological polar surface area (TPSA) is 71.1 Å². The molecule has 1 atom stereocenters. The highest BCUT2D eigenvalue weighted by Gasteiger charge is 2.27. The molecule has 2 aromatic rings. The van der Waals surface area contributed by atoms with Gasteiger partial charge in [-0.3, -0.25) is 9.59 Å². The summed E-state index contributed by atoms with van der Waals surface area (Å²) >= 11 is 0. The number of piperazine rings is 1.